The number of allylic oxidation sites excluding steroid dienone is 1. The number of carbonyl (C=O) groups excluding carboxylic acids is 1. The van der Waals surface area contributed by atoms with Gasteiger partial charge in [-0.3, -0.25) is 4.79 Å². The highest BCUT2D eigenvalue weighted by Gasteiger charge is 2.37. The maximum atomic E-state index is 13.1. The van der Waals surface area contributed by atoms with Crippen molar-refractivity contribution in [1.29, 1.82) is 0 Å². The van der Waals surface area contributed by atoms with E-state index in [0.717, 1.165) is 61.5 Å². The molecule has 1 saturated carbocycles. The summed E-state index contributed by atoms with van der Waals surface area (Å²) in [5, 5.41) is 0.720. The van der Waals surface area contributed by atoms with Crippen LogP contribution in [0.25, 0.3) is 0 Å². The Labute approximate surface area is 236 Å². The van der Waals surface area contributed by atoms with Crippen molar-refractivity contribution in [2.45, 2.75) is 57.7 Å². The quantitative estimate of drug-likeness (QED) is 0.453. The predicted molar refractivity (Wildman–Crippen MR) is 154 cm³/mol. The molecule has 0 saturated heterocycles. The van der Waals surface area contributed by atoms with Gasteiger partial charge in [0.15, 0.2) is 0 Å². The minimum Gasteiger partial charge on any atom is -0.487 e. The predicted octanol–water partition coefficient (Wildman–Crippen LogP) is 5.51. The number of carbonyl (C=O) groups is 1. The van der Waals surface area contributed by atoms with Gasteiger partial charge in [0, 0.05) is 30.8 Å². The average molecular weight is 573 g/mol. The number of nitrogens with zero attached hydrogens (tertiary/aromatic N) is 1. The molecule has 39 heavy (non-hydrogen) atoms. The standard InChI is InChI=1S/C30H37ClN2O5S/c1-37-28-8-3-2-6-16-39(35,36)32-30(34)22-11-14-29-27(18-22)33(19-23-10-13-26(23)28)15-5-4-7-21-17-25(31)12-9-24(21)20-38-29/h3,8-9,11-12,14,17-18,23,26,28H,2,4-7,10,13,15-16,19-20H2,1H3,(H,32,34)/b8-3+/t23-,26+,28?/m0/s1. The molecule has 1 N–H and O–H groups in total. The summed E-state index contributed by atoms with van der Waals surface area (Å²) in [6.45, 7) is 2.00. The minimum absolute atomic E-state index is 0.00166. The third kappa shape index (κ3) is 6.79. The average Bonchev–Trinajstić information content (AvgIpc) is 2.92. The van der Waals surface area contributed by atoms with Crippen LogP contribution in [0.15, 0.2) is 48.6 Å². The van der Waals surface area contributed by atoms with Gasteiger partial charge in [-0.25, -0.2) is 13.1 Å². The van der Waals surface area contributed by atoms with Crippen LogP contribution < -0.4 is 14.4 Å². The van der Waals surface area contributed by atoms with Gasteiger partial charge in [0.2, 0.25) is 10.0 Å². The fraction of sp³-hybridized carbons (Fsp3) is 0.500. The molecular formula is C30H37ClN2O5S. The summed E-state index contributed by atoms with van der Waals surface area (Å²) in [6.07, 6.45) is 10.2. The first-order chi connectivity index (χ1) is 18.8. The Morgan fingerprint density at radius 3 is 2.74 bits per heavy atom. The van der Waals surface area contributed by atoms with E-state index in [4.69, 9.17) is 21.1 Å². The van der Waals surface area contributed by atoms with E-state index in [9.17, 15) is 13.2 Å². The van der Waals surface area contributed by atoms with Crippen LogP contribution in [0.3, 0.4) is 0 Å². The first-order valence-corrected chi connectivity index (χ1v) is 15.9. The molecule has 1 aliphatic carbocycles. The summed E-state index contributed by atoms with van der Waals surface area (Å²) >= 11 is 6.30. The fourth-order valence-electron chi connectivity index (χ4n) is 5.89. The topological polar surface area (TPSA) is 84.9 Å². The van der Waals surface area contributed by atoms with Crippen LogP contribution in [-0.2, 0) is 27.8 Å². The van der Waals surface area contributed by atoms with Crippen LogP contribution in [0, 0.1) is 11.8 Å². The van der Waals surface area contributed by atoms with E-state index in [2.05, 4.69) is 15.7 Å². The SMILES string of the molecule is COC1/C=C/CCCS(=O)(=O)NC(=O)c2ccc3c(c2)N(CCCCc2cc(Cl)ccc2CO3)C[C@@H]2CC[C@@H]12. The molecule has 3 aliphatic rings. The molecule has 2 aromatic carbocycles. The van der Waals surface area contributed by atoms with Crippen molar-refractivity contribution < 1.29 is 22.7 Å². The summed E-state index contributed by atoms with van der Waals surface area (Å²) in [5.41, 5.74) is 3.41. The van der Waals surface area contributed by atoms with Crippen molar-refractivity contribution in [3.8, 4) is 5.75 Å². The van der Waals surface area contributed by atoms with Gasteiger partial charge >= 0.3 is 0 Å². The number of halogens is 1. The number of sulfonamides is 1. The summed E-state index contributed by atoms with van der Waals surface area (Å²) < 4.78 is 39.8. The van der Waals surface area contributed by atoms with Gasteiger partial charge in [0.05, 0.1) is 17.5 Å². The highest BCUT2D eigenvalue weighted by molar-refractivity contribution is 7.90. The number of benzene rings is 2. The number of methoxy groups -OCH3 is 1. The molecule has 0 aromatic heterocycles. The van der Waals surface area contributed by atoms with E-state index in [1.54, 1.807) is 25.3 Å². The van der Waals surface area contributed by atoms with Crippen molar-refractivity contribution in [3.63, 3.8) is 0 Å². The van der Waals surface area contributed by atoms with Crippen LogP contribution in [0.4, 0.5) is 5.69 Å². The number of aryl methyl sites for hydroxylation is 1. The maximum absolute atomic E-state index is 13.1. The lowest BCUT2D eigenvalue weighted by Crippen LogP contribution is -2.44. The lowest BCUT2D eigenvalue weighted by molar-refractivity contribution is 0.0135. The van der Waals surface area contributed by atoms with Gasteiger partial charge in [-0.1, -0.05) is 29.8 Å². The maximum Gasteiger partial charge on any atom is 0.264 e. The van der Waals surface area contributed by atoms with Crippen molar-refractivity contribution in [1.82, 2.24) is 4.72 Å². The summed E-state index contributed by atoms with van der Waals surface area (Å²) in [5.74, 6) is 0.784. The molecule has 9 heteroatoms. The van der Waals surface area contributed by atoms with Gasteiger partial charge in [0.1, 0.15) is 12.4 Å². The summed E-state index contributed by atoms with van der Waals surface area (Å²) in [4.78, 5) is 15.4. The van der Waals surface area contributed by atoms with Crippen molar-refractivity contribution >= 4 is 33.2 Å². The molecule has 1 unspecified atom stereocenters. The summed E-state index contributed by atoms with van der Waals surface area (Å²) in [6, 6.07) is 11.1. The number of hydrogen-bond donors (Lipinski definition) is 1. The third-order valence-corrected chi connectivity index (χ3v) is 9.78. The van der Waals surface area contributed by atoms with E-state index < -0.39 is 15.9 Å². The third-order valence-electron chi connectivity index (χ3n) is 8.22. The number of amides is 1. The van der Waals surface area contributed by atoms with Gasteiger partial charge in [-0.2, -0.15) is 0 Å². The molecule has 7 nitrogen and oxygen atoms in total. The van der Waals surface area contributed by atoms with Gasteiger partial charge in [-0.15, -0.1) is 0 Å². The summed E-state index contributed by atoms with van der Waals surface area (Å²) in [7, 11) is -2.01. The first-order valence-electron chi connectivity index (χ1n) is 13.9. The van der Waals surface area contributed by atoms with Crippen LogP contribution in [0.2, 0.25) is 5.02 Å². The lowest BCUT2D eigenvalue weighted by Gasteiger charge is -2.43. The van der Waals surface area contributed by atoms with Crippen LogP contribution >= 0.6 is 11.6 Å². The van der Waals surface area contributed by atoms with Gasteiger partial charge < -0.3 is 14.4 Å². The zero-order valence-corrected chi connectivity index (χ0v) is 24.0. The number of rotatable bonds is 1. The zero-order chi connectivity index (χ0) is 27.4. The van der Waals surface area contributed by atoms with Crippen LogP contribution in [-0.4, -0.2) is 46.4 Å². The second kappa shape index (κ2) is 12.3. The molecule has 2 heterocycles. The Balaban J connectivity index is 1.52. The van der Waals surface area contributed by atoms with E-state index in [1.807, 2.05) is 24.3 Å². The minimum atomic E-state index is -3.76. The number of fused-ring (bicyclic) bond motifs is 3. The molecule has 1 fully saturated rings. The van der Waals surface area contributed by atoms with Gasteiger partial charge in [-0.05, 0) is 98.2 Å². The molecule has 3 atom stereocenters. The Kier molecular flexibility index (Phi) is 8.84. The number of hydrogen-bond acceptors (Lipinski definition) is 6. The molecule has 2 aromatic rings. The van der Waals surface area contributed by atoms with Crippen LogP contribution in [0.1, 0.15) is 60.0 Å². The number of nitrogens with one attached hydrogen (secondary N) is 1. The van der Waals surface area contributed by atoms with E-state index >= 15 is 0 Å². The van der Waals surface area contributed by atoms with Crippen LogP contribution in [0.5, 0.6) is 5.75 Å². The Morgan fingerprint density at radius 1 is 1.08 bits per heavy atom. The second-order valence-corrected chi connectivity index (χ2v) is 13.1. The molecule has 2 aliphatic heterocycles. The number of ether oxygens (including phenoxy) is 2. The Morgan fingerprint density at radius 2 is 1.95 bits per heavy atom. The molecule has 210 valence electrons. The largest absolute Gasteiger partial charge is 0.487 e. The Bertz CT molecular complexity index is 1330. The monoisotopic (exact) mass is 572 g/mol. The Hall–Kier alpha value is -2.55. The van der Waals surface area contributed by atoms with Crippen molar-refractivity contribution in [2.24, 2.45) is 11.8 Å². The zero-order valence-electron chi connectivity index (χ0n) is 22.4. The van der Waals surface area contributed by atoms with Gasteiger partial charge in [0.25, 0.3) is 5.91 Å². The van der Waals surface area contributed by atoms with Crippen molar-refractivity contribution in [3.05, 3.63) is 70.3 Å². The molecular weight excluding hydrogens is 536 g/mol. The molecule has 1 amide bonds. The smallest absolute Gasteiger partial charge is 0.264 e. The number of anilines is 1. The first kappa shape index (κ1) is 28.0. The van der Waals surface area contributed by atoms with E-state index in [-0.39, 0.29) is 11.9 Å². The fourth-order valence-corrected chi connectivity index (χ4v) is 7.13. The van der Waals surface area contributed by atoms with E-state index in [1.165, 1.54) is 5.56 Å². The highest BCUT2D eigenvalue weighted by atomic mass is 35.5. The van der Waals surface area contributed by atoms with E-state index in [0.29, 0.717) is 42.6 Å². The molecule has 5 rings (SSSR count). The molecule has 2 bridgehead atoms. The lowest BCUT2D eigenvalue weighted by atomic mass is 9.70. The molecule has 0 spiro atoms. The second-order valence-electron chi connectivity index (χ2n) is 10.8. The highest BCUT2D eigenvalue weighted by Crippen LogP contribution is 2.41. The molecule has 0 radical (unpaired) electrons. The van der Waals surface area contributed by atoms with Crippen molar-refractivity contribution in [2.75, 3.05) is 30.9 Å². The normalized spacial score (nSPS) is 26.5.